The molecule has 3 aromatic rings. The van der Waals surface area contributed by atoms with Gasteiger partial charge < -0.3 is 18.9 Å². The Morgan fingerprint density at radius 2 is 1.53 bits per heavy atom. The van der Waals surface area contributed by atoms with E-state index in [-0.39, 0.29) is 23.3 Å². The second-order valence-electron chi connectivity index (χ2n) is 10.5. The molecule has 244 valence electrons. The Morgan fingerprint density at radius 3 is 2.24 bits per heavy atom. The second-order valence-corrected chi connectivity index (χ2v) is 12.5. The Morgan fingerprint density at radius 1 is 0.800 bits per heavy atom. The van der Waals surface area contributed by atoms with Gasteiger partial charge in [0.05, 0.1) is 37.0 Å². The van der Waals surface area contributed by atoms with Crippen LogP contribution in [0.1, 0.15) is 69.9 Å². The summed E-state index contributed by atoms with van der Waals surface area (Å²) < 4.78 is 46.6. The number of hydrogen-bond acceptors (Lipinski definition) is 10. The molecule has 45 heavy (non-hydrogen) atoms. The Kier molecular flexibility index (Phi) is 14.8. The molecule has 0 aliphatic rings. The Labute approximate surface area is 266 Å². The van der Waals surface area contributed by atoms with E-state index in [1.54, 1.807) is 44.3 Å². The van der Waals surface area contributed by atoms with Gasteiger partial charge in [0, 0.05) is 30.9 Å². The first-order valence-electron chi connectivity index (χ1n) is 15.5. The number of unbranched alkanes of at least 4 members (excludes halogenated alkanes) is 3. The molecule has 0 fully saturated rings. The van der Waals surface area contributed by atoms with Crippen LogP contribution in [0.15, 0.2) is 59.9 Å². The van der Waals surface area contributed by atoms with Crippen molar-refractivity contribution in [3.63, 3.8) is 0 Å². The second kappa shape index (κ2) is 18.7. The van der Waals surface area contributed by atoms with E-state index in [0.717, 1.165) is 49.0 Å². The lowest BCUT2D eigenvalue weighted by molar-refractivity contribution is -0.144. The van der Waals surface area contributed by atoms with E-state index in [4.69, 9.17) is 18.9 Å². The summed E-state index contributed by atoms with van der Waals surface area (Å²) >= 11 is 0. The highest BCUT2D eigenvalue weighted by molar-refractivity contribution is 7.90. The van der Waals surface area contributed by atoms with Crippen LogP contribution in [0.25, 0.3) is 11.3 Å². The maximum Gasteiger partial charge on any atom is 0.306 e. The molecular weight excluding hydrogens is 596 g/mol. The zero-order valence-corrected chi connectivity index (χ0v) is 27.3. The highest BCUT2D eigenvalue weighted by Gasteiger charge is 2.15. The third-order valence-corrected chi connectivity index (χ3v) is 8.09. The molecule has 1 aromatic heterocycles. The van der Waals surface area contributed by atoms with Crippen LogP contribution in [0, 0.1) is 0 Å². The molecule has 0 N–H and O–H groups in total. The number of aryl methyl sites for hydroxylation is 1. The Balaban J connectivity index is 1.53. The van der Waals surface area contributed by atoms with Gasteiger partial charge in [0.25, 0.3) is 0 Å². The minimum Gasteiger partial charge on any atom is -0.494 e. The number of aromatic nitrogens is 2. The molecule has 0 spiro atoms. The van der Waals surface area contributed by atoms with Crippen LogP contribution in [0.2, 0.25) is 0 Å². The van der Waals surface area contributed by atoms with Gasteiger partial charge in [-0.15, -0.1) is 0 Å². The summed E-state index contributed by atoms with van der Waals surface area (Å²) in [5.74, 6) is 0.729. The van der Waals surface area contributed by atoms with Gasteiger partial charge in [-0.05, 0) is 87.4 Å². The number of nitrogens with zero attached hydrogens (tertiary/aromatic N) is 2. The van der Waals surface area contributed by atoms with Crippen LogP contribution < -0.4 is 9.47 Å². The first kappa shape index (κ1) is 35.5. The molecule has 0 saturated carbocycles. The lowest BCUT2D eigenvalue weighted by Gasteiger charge is -2.16. The molecule has 0 bridgehead atoms. The predicted octanol–water partition coefficient (Wildman–Crippen LogP) is 5.95. The molecule has 10 nitrogen and oxygen atoms in total. The minimum absolute atomic E-state index is 0.178. The summed E-state index contributed by atoms with van der Waals surface area (Å²) in [7, 11) is -3.43. The van der Waals surface area contributed by atoms with Gasteiger partial charge in [-0.2, -0.15) is 0 Å². The van der Waals surface area contributed by atoms with Gasteiger partial charge in [0.2, 0.25) is 0 Å². The van der Waals surface area contributed by atoms with Crippen LogP contribution >= 0.6 is 0 Å². The van der Waals surface area contributed by atoms with E-state index < -0.39 is 9.84 Å². The molecule has 0 saturated heterocycles. The fourth-order valence-electron chi connectivity index (χ4n) is 4.80. The topological polar surface area (TPSA) is 131 Å². The van der Waals surface area contributed by atoms with Crippen molar-refractivity contribution in [1.82, 2.24) is 9.97 Å². The van der Waals surface area contributed by atoms with Crippen molar-refractivity contribution in [1.29, 1.82) is 0 Å². The zero-order valence-electron chi connectivity index (χ0n) is 26.5. The number of carbonyl (C=O) groups is 2. The summed E-state index contributed by atoms with van der Waals surface area (Å²) in [6.07, 6.45) is 10.3. The van der Waals surface area contributed by atoms with E-state index in [1.807, 2.05) is 12.1 Å². The maximum atomic E-state index is 12.3. The van der Waals surface area contributed by atoms with Crippen molar-refractivity contribution in [2.45, 2.75) is 76.5 Å². The molecule has 3 rings (SSSR count). The van der Waals surface area contributed by atoms with Crippen molar-refractivity contribution in [2.75, 3.05) is 32.7 Å². The highest BCUT2D eigenvalue weighted by atomic mass is 32.2. The fraction of sp³-hybridized carbons (Fsp3) is 0.471. The summed E-state index contributed by atoms with van der Waals surface area (Å²) in [5.41, 5.74) is 3.40. The normalized spacial score (nSPS) is 11.2. The molecule has 2 aromatic carbocycles. The van der Waals surface area contributed by atoms with Gasteiger partial charge in [-0.3, -0.25) is 9.59 Å². The first-order chi connectivity index (χ1) is 21.7. The van der Waals surface area contributed by atoms with Crippen molar-refractivity contribution < 1.29 is 37.0 Å². The first-order valence-corrected chi connectivity index (χ1v) is 17.4. The number of carbonyl (C=O) groups excluding carboxylic acids is 2. The number of benzene rings is 2. The largest absolute Gasteiger partial charge is 0.494 e. The van der Waals surface area contributed by atoms with Crippen LogP contribution in [0.4, 0.5) is 0 Å². The summed E-state index contributed by atoms with van der Waals surface area (Å²) in [6, 6.07) is 12.6. The molecule has 0 aliphatic heterocycles. The Bertz CT molecular complexity index is 1480. The lowest BCUT2D eigenvalue weighted by Crippen LogP contribution is -2.10. The number of rotatable bonds is 20. The molecule has 0 amide bonds. The van der Waals surface area contributed by atoms with E-state index in [0.29, 0.717) is 62.7 Å². The van der Waals surface area contributed by atoms with Gasteiger partial charge in [0.1, 0.15) is 17.8 Å². The number of esters is 2. The van der Waals surface area contributed by atoms with Crippen LogP contribution in [-0.4, -0.2) is 63.0 Å². The standard InChI is InChI=1S/C34H44N2O8S/c1-4-41-33(37)15-11-21-44-32-14-10-13-26(30(32)16-17-34(38)42-5-2)12-8-6-7-9-20-43-28-22-27(31-18-19-35-25-36-31)23-29(24-28)45(3,39)40/h10,13-14,18-19,22-25H,4-9,11-12,15-17,20-21H2,1-3H3. The lowest BCUT2D eigenvalue weighted by atomic mass is 9.96. The highest BCUT2D eigenvalue weighted by Crippen LogP contribution is 2.28. The minimum atomic E-state index is -3.43. The van der Waals surface area contributed by atoms with Crippen LogP contribution in [-0.2, 0) is 41.7 Å². The van der Waals surface area contributed by atoms with Gasteiger partial charge >= 0.3 is 11.9 Å². The molecule has 0 unspecified atom stereocenters. The summed E-state index contributed by atoms with van der Waals surface area (Å²) in [6.45, 7) is 5.10. The molecule has 0 atom stereocenters. The Hall–Kier alpha value is -3.99. The monoisotopic (exact) mass is 640 g/mol. The van der Waals surface area contributed by atoms with Crippen molar-refractivity contribution in [2.24, 2.45) is 0 Å². The van der Waals surface area contributed by atoms with Crippen molar-refractivity contribution >= 4 is 21.8 Å². The third-order valence-electron chi connectivity index (χ3n) is 7.00. The number of sulfone groups is 1. The zero-order chi connectivity index (χ0) is 32.5. The van der Waals surface area contributed by atoms with Gasteiger partial charge in [-0.25, -0.2) is 18.4 Å². The van der Waals surface area contributed by atoms with E-state index >= 15 is 0 Å². The number of ether oxygens (including phenoxy) is 4. The smallest absolute Gasteiger partial charge is 0.306 e. The van der Waals surface area contributed by atoms with E-state index in [2.05, 4.69) is 16.0 Å². The SMILES string of the molecule is CCOC(=O)CCCOc1cccc(CCCCCCOc2cc(-c3ccncn3)cc(S(C)(=O)=O)c2)c1CCC(=O)OCC. The average molecular weight is 641 g/mol. The maximum absolute atomic E-state index is 12.3. The molecule has 0 aliphatic carbocycles. The average Bonchev–Trinajstić information content (AvgIpc) is 3.02. The fourth-order valence-corrected chi connectivity index (χ4v) is 5.47. The number of hydrogen-bond donors (Lipinski definition) is 0. The van der Waals surface area contributed by atoms with E-state index in [9.17, 15) is 18.0 Å². The van der Waals surface area contributed by atoms with Crippen molar-refractivity contribution in [3.8, 4) is 22.8 Å². The molecular formula is C34H44N2O8S. The summed E-state index contributed by atoms with van der Waals surface area (Å²) in [4.78, 5) is 32.1. The summed E-state index contributed by atoms with van der Waals surface area (Å²) in [5, 5.41) is 0. The molecule has 0 radical (unpaired) electrons. The quantitative estimate of drug-likeness (QED) is 0.108. The van der Waals surface area contributed by atoms with Gasteiger partial charge in [0.15, 0.2) is 9.84 Å². The third kappa shape index (κ3) is 12.5. The molecule has 1 heterocycles. The van der Waals surface area contributed by atoms with E-state index in [1.165, 1.54) is 12.6 Å². The van der Waals surface area contributed by atoms with Gasteiger partial charge in [-0.1, -0.05) is 25.0 Å². The predicted molar refractivity (Wildman–Crippen MR) is 171 cm³/mol. The molecule has 11 heteroatoms. The van der Waals surface area contributed by atoms with Crippen LogP contribution in [0.5, 0.6) is 11.5 Å². The van der Waals surface area contributed by atoms with Crippen LogP contribution in [0.3, 0.4) is 0 Å². The van der Waals surface area contributed by atoms with Crippen molar-refractivity contribution in [3.05, 3.63) is 66.1 Å².